The van der Waals surface area contributed by atoms with Crippen LogP contribution in [-0.2, 0) is 4.79 Å². The Balaban J connectivity index is 1.44. The van der Waals surface area contributed by atoms with E-state index in [2.05, 4.69) is 21.5 Å². The van der Waals surface area contributed by atoms with E-state index in [0.29, 0.717) is 17.3 Å². The van der Waals surface area contributed by atoms with Crippen molar-refractivity contribution < 1.29 is 14.6 Å². The molecular weight excluding hydrogens is 382 g/mol. The highest BCUT2D eigenvalue weighted by Crippen LogP contribution is 2.36. The van der Waals surface area contributed by atoms with Gasteiger partial charge in [-0.2, -0.15) is 10.4 Å². The number of carbonyl (C=O) groups excluding carboxylic acids is 1. The molecule has 2 saturated carbocycles. The van der Waals surface area contributed by atoms with E-state index >= 15 is 0 Å². The van der Waals surface area contributed by atoms with Crippen LogP contribution in [0.2, 0.25) is 0 Å². The summed E-state index contributed by atoms with van der Waals surface area (Å²) in [7, 11) is 0. The number of hydrogen-bond acceptors (Lipinski definition) is 6. The van der Waals surface area contributed by atoms with E-state index in [1.54, 1.807) is 16.8 Å². The lowest BCUT2D eigenvalue weighted by atomic mass is 9.83. The molecule has 0 atom stereocenters. The Kier molecular flexibility index (Phi) is 4.60. The Bertz CT molecular complexity index is 1160. The lowest BCUT2D eigenvalue weighted by Crippen LogP contribution is -2.35. The fraction of sp³-hybridized carbons (Fsp3) is 0.364. The third-order valence-electron chi connectivity index (χ3n) is 5.70. The van der Waals surface area contributed by atoms with Crippen LogP contribution in [0, 0.1) is 23.2 Å². The van der Waals surface area contributed by atoms with Crippen LogP contribution in [-0.4, -0.2) is 38.3 Å². The molecular formula is C22H21N5O3. The molecule has 2 fully saturated rings. The van der Waals surface area contributed by atoms with Gasteiger partial charge >= 0.3 is 0 Å². The predicted molar refractivity (Wildman–Crippen MR) is 109 cm³/mol. The number of nitriles is 1. The summed E-state index contributed by atoms with van der Waals surface area (Å²) >= 11 is 0. The summed E-state index contributed by atoms with van der Waals surface area (Å²) in [5.74, 6) is 1.56. The number of aromatic nitrogens is 3. The maximum absolute atomic E-state index is 12.0. The highest BCUT2D eigenvalue weighted by Gasteiger charge is 2.31. The molecule has 3 aromatic rings. The molecule has 2 aliphatic carbocycles. The van der Waals surface area contributed by atoms with Gasteiger partial charge in [-0.1, -0.05) is 0 Å². The second kappa shape index (κ2) is 7.43. The molecule has 2 N–H and O–H groups in total. The van der Waals surface area contributed by atoms with Crippen molar-refractivity contribution in [2.75, 3.05) is 11.9 Å². The average Bonchev–Trinajstić information content (AvgIpc) is 3.50. The van der Waals surface area contributed by atoms with Gasteiger partial charge < -0.3 is 15.2 Å². The zero-order valence-corrected chi connectivity index (χ0v) is 16.3. The first-order valence-electron chi connectivity index (χ1n) is 10.1. The van der Waals surface area contributed by atoms with Crippen molar-refractivity contribution in [2.24, 2.45) is 11.8 Å². The van der Waals surface area contributed by atoms with E-state index in [1.807, 2.05) is 24.4 Å². The smallest absolute Gasteiger partial charge is 0.228 e. The molecule has 8 nitrogen and oxygen atoms in total. The van der Waals surface area contributed by atoms with Gasteiger partial charge in [0.1, 0.15) is 17.5 Å². The van der Waals surface area contributed by atoms with Gasteiger partial charge in [0.2, 0.25) is 5.91 Å². The van der Waals surface area contributed by atoms with Gasteiger partial charge in [0, 0.05) is 30.4 Å². The van der Waals surface area contributed by atoms with Crippen molar-refractivity contribution in [1.82, 2.24) is 14.6 Å². The molecule has 0 bridgehead atoms. The normalized spacial score (nSPS) is 20.4. The summed E-state index contributed by atoms with van der Waals surface area (Å²) in [5, 5.41) is 25.8. The number of amides is 1. The van der Waals surface area contributed by atoms with Gasteiger partial charge in [-0.25, -0.2) is 9.50 Å². The summed E-state index contributed by atoms with van der Waals surface area (Å²) in [4.78, 5) is 16.2. The lowest BCUT2D eigenvalue weighted by molar-refractivity contribution is -0.117. The van der Waals surface area contributed by atoms with Crippen molar-refractivity contribution in [1.29, 1.82) is 5.26 Å². The summed E-state index contributed by atoms with van der Waals surface area (Å²) in [6.45, 7) is 0.176. The van der Waals surface area contributed by atoms with E-state index in [1.165, 1.54) is 0 Å². The topological polar surface area (TPSA) is 113 Å². The number of ether oxygens (including phenoxy) is 1. The van der Waals surface area contributed by atoms with Gasteiger partial charge in [0.15, 0.2) is 5.82 Å². The maximum atomic E-state index is 12.0. The Morgan fingerprint density at radius 1 is 1.33 bits per heavy atom. The van der Waals surface area contributed by atoms with Gasteiger partial charge in [0.05, 0.1) is 17.8 Å². The number of pyridine rings is 2. The monoisotopic (exact) mass is 403 g/mol. The summed E-state index contributed by atoms with van der Waals surface area (Å²) in [6.07, 6.45) is 6.94. The molecule has 30 heavy (non-hydrogen) atoms. The molecule has 0 spiro atoms. The fourth-order valence-corrected chi connectivity index (χ4v) is 3.72. The molecule has 0 aliphatic heterocycles. The van der Waals surface area contributed by atoms with Crippen molar-refractivity contribution in [3.63, 3.8) is 0 Å². The van der Waals surface area contributed by atoms with E-state index in [9.17, 15) is 15.2 Å². The first-order chi connectivity index (χ1) is 14.6. The van der Waals surface area contributed by atoms with Crippen molar-refractivity contribution in [3.05, 3.63) is 42.4 Å². The van der Waals surface area contributed by atoms with Gasteiger partial charge in [0.25, 0.3) is 0 Å². The Labute approximate surface area is 173 Å². The molecule has 3 heterocycles. The van der Waals surface area contributed by atoms with Crippen LogP contribution in [0.3, 0.4) is 0 Å². The van der Waals surface area contributed by atoms with E-state index in [-0.39, 0.29) is 30.5 Å². The molecule has 152 valence electrons. The highest BCUT2D eigenvalue weighted by molar-refractivity contribution is 5.93. The summed E-state index contributed by atoms with van der Waals surface area (Å²) in [5.41, 5.74) is 2.78. The van der Waals surface area contributed by atoms with Gasteiger partial charge in [-0.05, 0) is 55.4 Å². The predicted octanol–water partition coefficient (Wildman–Crippen LogP) is 2.77. The van der Waals surface area contributed by atoms with Crippen LogP contribution in [0.4, 0.5) is 5.82 Å². The lowest BCUT2D eigenvalue weighted by Gasteiger charge is -2.34. The van der Waals surface area contributed by atoms with E-state index in [4.69, 9.17) is 4.74 Å². The maximum Gasteiger partial charge on any atom is 0.228 e. The first-order valence-corrected chi connectivity index (χ1v) is 10.1. The minimum absolute atomic E-state index is 0.0174. The minimum Gasteiger partial charge on any atom is -0.488 e. The Morgan fingerprint density at radius 3 is 2.90 bits per heavy atom. The van der Waals surface area contributed by atoms with Crippen molar-refractivity contribution >= 4 is 17.2 Å². The molecule has 0 saturated heterocycles. The third-order valence-corrected chi connectivity index (χ3v) is 5.70. The van der Waals surface area contributed by atoms with Crippen LogP contribution in [0.1, 0.15) is 31.4 Å². The number of rotatable bonds is 6. The molecule has 0 aromatic carbocycles. The second-order valence-electron chi connectivity index (χ2n) is 8.02. The van der Waals surface area contributed by atoms with Crippen molar-refractivity contribution in [3.8, 4) is 22.9 Å². The average molecular weight is 403 g/mol. The minimum atomic E-state index is 0.0174. The number of nitrogens with one attached hydrogen (secondary N) is 1. The fourth-order valence-electron chi connectivity index (χ4n) is 3.72. The molecule has 3 aromatic heterocycles. The largest absolute Gasteiger partial charge is 0.488 e. The first kappa shape index (κ1) is 18.6. The number of carbonyl (C=O) groups is 1. The SMILES string of the molecule is N#Cc1cc(-c2ccn3nc(NC(=O)C4CC4)cc3c2)c(OC2CC(CO)C2)cn1. The molecule has 0 radical (unpaired) electrons. The highest BCUT2D eigenvalue weighted by atomic mass is 16.5. The number of anilines is 1. The summed E-state index contributed by atoms with van der Waals surface area (Å²) < 4.78 is 7.81. The van der Waals surface area contributed by atoms with Gasteiger partial charge in [-0.15, -0.1) is 0 Å². The molecule has 8 heteroatoms. The van der Waals surface area contributed by atoms with Crippen LogP contribution in [0.25, 0.3) is 16.6 Å². The number of hydrogen-bond donors (Lipinski definition) is 2. The van der Waals surface area contributed by atoms with Crippen LogP contribution in [0.15, 0.2) is 36.7 Å². The van der Waals surface area contributed by atoms with Crippen LogP contribution < -0.4 is 10.1 Å². The Hall–Kier alpha value is -3.44. The van der Waals surface area contributed by atoms with E-state index in [0.717, 1.165) is 42.3 Å². The number of fused-ring (bicyclic) bond motifs is 1. The standard InChI is InChI=1S/C22H21N5O3/c23-10-16-8-19(20(11-24-16)30-18-5-13(6-18)12-28)15-3-4-27-17(7-15)9-21(26-27)25-22(29)14-1-2-14/h3-4,7-9,11,13-14,18,28H,1-2,5-6,12H2,(H,25,26,29). The van der Waals surface area contributed by atoms with Gasteiger partial charge in [-0.3, -0.25) is 4.79 Å². The van der Waals surface area contributed by atoms with Crippen LogP contribution in [0.5, 0.6) is 5.75 Å². The molecule has 1 amide bonds. The summed E-state index contributed by atoms with van der Waals surface area (Å²) in [6, 6.07) is 9.46. The number of nitrogens with zero attached hydrogens (tertiary/aromatic N) is 4. The van der Waals surface area contributed by atoms with Crippen LogP contribution >= 0.6 is 0 Å². The quantitative estimate of drug-likeness (QED) is 0.654. The number of aliphatic hydroxyl groups excluding tert-OH is 1. The zero-order valence-electron chi connectivity index (χ0n) is 16.3. The second-order valence-corrected chi connectivity index (χ2v) is 8.02. The Morgan fingerprint density at radius 2 is 2.17 bits per heavy atom. The van der Waals surface area contributed by atoms with Crippen molar-refractivity contribution in [2.45, 2.75) is 31.8 Å². The molecule has 2 aliphatic rings. The molecule has 5 rings (SSSR count). The third kappa shape index (κ3) is 3.60. The number of aliphatic hydroxyl groups is 1. The zero-order chi connectivity index (χ0) is 20.7. The molecule has 0 unspecified atom stereocenters. The van der Waals surface area contributed by atoms with E-state index < -0.39 is 0 Å².